The number of hydrogen-bond acceptors (Lipinski definition) is 7. The molecule has 1 aliphatic heterocycles. The van der Waals surface area contributed by atoms with Gasteiger partial charge in [0.1, 0.15) is 6.04 Å². The van der Waals surface area contributed by atoms with Gasteiger partial charge >= 0.3 is 0 Å². The molecule has 0 spiro atoms. The molecular formula is C23H21ClN6O. The number of nitrogens with zero attached hydrogens (tertiary/aromatic N) is 6. The Morgan fingerprint density at radius 1 is 0.806 bits per heavy atom. The predicted molar refractivity (Wildman–Crippen MR) is 119 cm³/mol. The summed E-state index contributed by atoms with van der Waals surface area (Å²) in [7, 11) is 0. The molecule has 1 aliphatic rings. The highest BCUT2D eigenvalue weighted by Gasteiger charge is 2.31. The summed E-state index contributed by atoms with van der Waals surface area (Å²) in [6, 6.07) is 19.4. The second-order valence-electron chi connectivity index (χ2n) is 7.34. The predicted octanol–water partition coefficient (Wildman–Crippen LogP) is 4.09. The minimum absolute atomic E-state index is 0.117. The summed E-state index contributed by atoms with van der Waals surface area (Å²) in [6.07, 6.45) is 3.55. The standard InChI is InChI=1S/C23H21ClN6O/c24-19-9-7-18(8-10-19)21-27-28-22(31-21)20(17-5-2-1-3-6-17)29-13-15-30(16-14-29)23-25-11-4-12-26-23/h1-12,20H,13-16H2. The van der Waals surface area contributed by atoms with Crippen LogP contribution in [0.5, 0.6) is 0 Å². The van der Waals surface area contributed by atoms with Crippen LogP contribution >= 0.6 is 11.6 Å². The fourth-order valence-corrected chi connectivity index (χ4v) is 3.96. The lowest BCUT2D eigenvalue weighted by atomic mass is 10.0. The molecule has 4 aromatic rings. The second-order valence-corrected chi connectivity index (χ2v) is 7.77. The molecule has 3 heterocycles. The fraction of sp³-hybridized carbons (Fsp3) is 0.217. The van der Waals surface area contributed by atoms with Gasteiger partial charge in [-0.05, 0) is 35.9 Å². The van der Waals surface area contributed by atoms with E-state index in [1.54, 1.807) is 12.4 Å². The lowest BCUT2D eigenvalue weighted by Gasteiger charge is -2.38. The van der Waals surface area contributed by atoms with Gasteiger partial charge in [0.15, 0.2) is 0 Å². The number of anilines is 1. The van der Waals surface area contributed by atoms with E-state index in [0.717, 1.165) is 43.3 Å². The first kappa shape index (κ1) is 19.7. The van der Waals surface area contributed by atoms with Gasteiger partial charge in [0.2, 0.25) is 17.7 Å². The largest absolute Gasteiger partial charge is 0.419 e. The molecule has 0 aliphatic carbocycles. The molecule has 31 heavy (non-hydrogen) atoms. The van der Waals surface area contributed by atoms with Crippen molar-refractivity contribution in [2.75, 3.05) is 31.1 Å². The number of aromatic nitrogens is 4. The van der Waals surface area contributed by atoms with Crippen LogP contribution in [0.2, 0.25) is 5.02 Å². The number of benzene rings is 2. The zero-order valence-corrected chi connectivity index (χ0v) is 17.6. The SMILES string of the molecule is Clc1ccc(-c2nnc(C(c3ccccc3)N3CCN(c4ncccn4)CC3)o2)cc1. The molecule has 7 nitrogen and oxygen atoms in total. The Morgan fingerprint density at radius 2 is 1.52 bits per heavy atom. The van der Waals surface area contributed by atoms with Crippen molar-refractivity contribution in [1.82, 2.24) is 25.1 Å². The molecule has 1 atom stereocenters. The third-order valence-electron chi connectivity index (χ3n) is 5.40. The third-order valence-corrected chi connectivity index (χ3v) is 5.65. The first-order valence-electron chi connectivity index (χ1n) is 10.2. The zero-order chi connectivity index (χ0) is 21.0. The van der Waals surface area contributed by atoms with Crippen molar-refractivity contribution in [2.24, 2.45) is 0 Å². The van der Waals surface area contributed by atoms with Crippen molar-refractivity contribution in [3.63, 3.8) is 0 Å². The van der Waals surface area contributed by atoms with Crippen LogP contribution in [0.4, 0.5) is 5.95 Å². The number of rotatable bonds is 5. The highest BCUT2D eigenvalue weighted by molar-refractivity contribution is 6.30. The lowest BCUT2D eigenvalue weighted by molar-refractivity contribution is 0.187. The summed E-state index contributed by atoms with van der Waals surface area (Å²) < 4.78 is 6.15. The first-order valence-corrected chi connectivity index (χ1v) is 10.6. The summed E-state index contributed by atoms with van der Waals surface area (Å²) in [5.74, 6) is 1.84. The summed E-state index contributed by atoms with van der Waals surface area (Å²) in [6.45, 7) is 3.31. The molecule has 2 aromatic heterocycles. The molecule has 156 valence electrons. The van der Waals surface area contributed by atoms with Crippen LogP contribution in [0.15, 0.2) is 77.5 Å². The number of halogens is 1. The van der Waals surface area contributed by atoms with E-state index in [4.69, 9.17) is 16.0 Å². The highest BCUT2D eigenvalue weighted by Crippen LogP contribution is 2.31. The molecular weight excluding hydrogens is 412 g/mol. The molecule has 0 amide bonds. The van der Waals surface area contributed by atoms with Crippen LogP contribution in [-0.2, 0) is 0 Å². The number of piperazine rings is 1. The fourth-order valence-electron chi connectivity index (χ4n) is 3.83. The molecule has 0 saturated carbocycles. The van der Waals surface area contributed by atoms with Crippen molar-refractivity contribution in [2.45, 2.75) is 6.04 Å². The van der Waals surface area contributed by atoms with E-state index >= 15 is 0 Å². The first-order chi connectivity index (χ1) is 15.3. The van der Waals surface area contributed by atoms with Gasteiger partial charge in [0.05, 0.1) is 0 Å². The van der Waals surface area contributed by atoms with E-state index in [9.17, 15) is 0 Å². The van der Waals surface area contributed by atoms with Crippen molar-refractivity contribution in [1.29, 1.82) is 0 Å². The van der Waals surface area contributed by atoms with Gasteiger partial charge in [-0.3, -0.25) is 4.90 Å². The van der Waals surface area contributed by atoms with Crippen molar-refractivity contribution >= 4 is 17.5 Å². The molecule has 5 rings (SSSR count). The topological polar surface area (TPSA) is 71.2 Å². The van der Waals surface area contributed by atoms with Gasteiger partial charge in [-0.15, -0.1) is 10.2 Å². The quantitative estimate of drug-likeness (QED) is 0.470. The van der Waals surface area contributed by atoms with Crippen LogP contribution in [0.25, 0.3) is 11.5 Å². The Bertz CT molecular complexity index is 1110. The molecule has 8 heteroatoms. The Kier molecular flexibility index (Phi) is 5.60. The van der Waals surface area contributed by atoms with E-state index in [2.05, 4.69) is 42.1 Å². The van der Waals surface area contributed by atoms with E-state index in [1.165, 1.54) is 0 Å². The minimum Gasteiger partial charge on any atom is -0.419 e. The maximum atomic E-state index is 6.15. The molecule has 2 aromatic carbocycles. The Balaban J connectivity index is 1.41. The summed E-state index contributed by atoms with van der Waals surface area (Å²) in [5, 5.41) is 9.39. The molecule has 1 unspecified atom stereocenters. The molecule has 1 saturated heterocycles. The molecule has 0 N–H and O–H groups in total. The van der Waals surface area contributed by atoms with Crippen molar-refractivity contribution < 1.29 is 4.42 Å². The average molecular weight is 433 g/mol. The van der Waals surface area contributed by atoms with Crippen LogP contribution in [0.3, 0.4) is 0 Å². The monoisotopic (exact) mass is 432 g/mol. The summed E-state index contributed by atoms with van der Waals surface area (Å²) in [4.78, 5) is 13.3. The molecule has 1 fully saturated rings. The van der Waals surface area contributed by atoms with Gasteiger partial charge in [-0.2, -0.15) is 0 Å². The van der Waals surface area contributed by atoms with E-state index < -0.39 is 0 Å². The third kappa shape index (κ3) is 4.28. The normalized spacial score (nSPS) is 15.7. The molecule has 0 bridgehead atoms. The number of hydrogen-bond donors (Lipinski definition) is 0. The van der Waals surface area contributed by atoms with Gasteiger partial charge < -0.3 is 9.32 Å². The van der Waals surface area contributed by atoms with Crippen molar-refractivity contribution in [3.8, 4) is 11.5 Å². The average Bonchev–Trinajstić information content (AvgIpc) is 3.31. The van der Waals surface area contributed by atoms with Crippen LogP contribution in [0.1, 0.15) is 17.5 Å². The molecule has 0 radical (unpaired) electrons. The maximum absolute atomic E-state index is 6.15. The van der Waals surface area contributed by atoms with Gasteiger partial charge in [0, 0.05) is 49.2 Å². The second kappa shape index (κ2) is 8.83. The van der Waals surface area contributed by atoms with Gasteiger partial charge in [-0.25, -0.2) is 9.97 Å². The van der Waals surface area contributed by atoms with Crippen molar-refractivity contribution in [3.05, 3.63) is 89.5 Å². The van der Waals surface area contributed by atoms with Gasteiger partial charge in [0.25, 0.3) is 0 Å². The Labute approximate surface area is 185 Å². The maximum Gasteiger partial charge on any atom is 0.247 e. The van der Waals surface area contributed by atoms with E-state index in [-0.39, 0.29) is 6.04 Å². The minimum atomic E-state index is -0.117. The van der Waals surface area contributed by atoms with Crippen LogP contribution < -0.4 is 4.90 Å². The van der Waals surface area contributed by atoms with E-state index in [1.807, 2.05) is 48.5 Å². The smallest absolute Gasteiger partial charge is 0.247 e. The Hall–Kier alpha value is -3.29. The van der Waals surface area contributed by atoms with E-state index in [0.29, 0.717) is 16.8 Å². The van der Waals surface area contributed by atoms with Crippen LogP contribution in [0, 0.1) is 0 Å². The summed E-state index contributed by atoms with van der Waals surface area (Å²) in [5.41, 5.74) is 1.97. The highest BCUT2D eigenvalue weighted by atomic mass is 35.5. The zero-order valence-electron chi connectivity index (χ0n) is 16.8. The summed E-state index contributed by atoms with van der Waals surface area (Å²) >= 11 is 6.01. The van der Waals surface area contributed by atoms with Gasteiger partial charge in [-0.1, -0.05) is 41.9 Å². The Morgan fingerprint density at radius 3 is 2.23 bits per heavy atom. The van der Waals surface area contributed by atoms with Crippen LogP contribution in [-0.4, -0.2) is 51.2 Å². The lowest BCUT2D eigenvalue weighted by Crippen LogP contribution is -2.48.